The highest BCUT2D eigenvalue weighted by Gasteiger charge is 2.39. The summed E-state index contributed by atoms with van der Waals surface area (Å²) >= 11 is 0. The van der Waals surface area contributed by atoms with E-state index in [9.17, 15) is 14.4 Å². The molecule has 1 unspecified atom stereocenters. The first-order chi connectivity index (χ1) is 11.1. The largest absolute Gasteiger partial charge is 0.467 e. The van der Waals surface area contributed by atoms with E-state index in [1.54, 1.807) is 24.3 Å². The molecule has 0 aliphatic carbocycles. The van der Waals surface area contributed by atoms with Gasteiger partial charge in [-0.2, -0.15) is 0 Å². The first-order valence-corrected chi connectivity index (χ1v) is 6.86. The molecule has 8 nitrogen and oxygen atoms in total. The molecule has 0 radical (unpaired) electrons. The zero-order chi connectivity index (χ0) is 16.2. The average Bonchev–Trinajstić information content (AvgIpc) is 3.20. The molecule has 2 aromatic rings. The summed E-state index contributed by atoms with van der Waals surface area (Å²) in [7, 11) is 0. The van der Waals surface area contributed by atoms with Gasteiger partial charge in [0.25, 0.3) is 0 Å². The van der Waals surface area contributed by atoms with Crippen molar-refractivity contribution in [3.63, 3.8) is 0 Å². The third-order valence-electron chi connectivity index (χ3n) is 3.27. The number of aliphatic imine (C=N–C) groups is 1. The third-order valence-corrected chi connectivity index (χ3v) is 3.27. The van der Waals surface area contributed by atoms with Gasteiger partial charge in [-0.25, -0.2) is 4.79 Å². The summed E-state index contributed by atoms with van der Waals surface area (Å²) in [6.45, 7) is 0.156. The Morgan fingerprint density at radius 2 is 1.83 bits per heavy atom. The standard InChI is InChI=1S/C15H13N3O5/c19-13-12(8-16-7-10-3-1-5-22-10)14(20)18(15(21)17-13)9-11-4-2-6-23-11/h1-6,8,12H,7,9H2,(H,17,19,21). The van der Waals surface area contributed by atoms with Gasteiger partial charge in [0, 0.05) is 6.21 Å². The summed E-state index contributed by atoms with van der Waals surface area (Å²) in [5, 5.41) is 2.14. The Hall–Kier alpha value is -3.16. The number of hydrogen-bond donors (Lipinski definition) is 1. The van der Waals surface area contributed by atoms with Crippen molar-refractivity contribution in [2.24, 2.45) is 10.9 Å². The van der Waals surface area contributed by atoms with E-state index >= 15 is 0 Å². The smallest absolute Gasteiger partial charge is 0.331 e. The van der Waals surface area contributed by atoms with Crippen LogP contribution in [0.25, 0.3) is 0 Å². The summed E-state index contributed by atoms with van der Waals surface area (Å²) in [5.74, 6) is -1.45. The van der Waals surface area contributed by atoms with Crippen molar-refractivity contribution in [2.45, 2.75) is 13.1 Å². The lowest BCUT2D eigenvalue weighted by Gasteiger charge is -2.27. The Bertz CT molecular complexity index is 733. The molecule has 0 aromatic carbocycles. The van der Waals surface area contributed by atoms with Crippen molar-refractivity contribution in [3.8, 4) is 0 Å². The second-order valence-electron chi connectivity index (χ2n) is 4.84. The predicted octanol–water partition coefficient (Wildman–Crippen LogP) is 1.34. The molecule has 118 valence electrons. The molecule has 0 bridgehead atoms. The first-order valence-electron chi connectivity index (χ1n) is 6.86. The topological polar surface area (TPSA) is 105 Å². The van der Waals surface area contributed by atoms with Crippen molar-refractivity contribution < 1.29 is 23.2 Å². The van der Waals surface area contributed by atoms with Crippen LogP contribution in [0, 0.1) is 5.92 Å². The molecular weight excluding hydrogens is 302 g/mol. The Balaban J connectivity index is 1.71. The fourth-order valence-corrected chi connectivity index (χ4v) is 2.12. The second-order valence-corrected chi connectivity index (χ2v) is 4.84. The van der Waals surface area contributed by atoms with Crippen molar-refractivity contribution >= 4 is 24.1 Å². The molecule has 3 rings (SSSR count). The monoisotopic (exact) mass is 315 g/mol. The number of furan rings is 2. The number of rotatable bonds is 5. The summed E-state index contributed by atoms with van der Waals surface area (Å²) < 4.78 is 10.2. The van der Waals surface area contributed by atoms with Crippen molar-refractivity contribution in [1.82, 2.24) is 10.2 Å². The van der Waals surface area contributed by atoms with E-state index in [2.05, 4.69) is 10.3 Å². The van der Waals surface area contributed by atoms with E-state index in [0.29, 0.717) is 11.5 Å². The molecule has 3 heterocycles. The van der Waals surface area contributed by atoms with Crippen LogP contribution in [0.1, 0.15) is 11.5 Å². The molecule has 1 fully saturated rings. The van der Waals surface area contributed by atoms with Gasteiger partial charge in [-0.3, -0.25) is 24.8 Å². The van der Waals surface area contributed by atoms with E-state index < -0.39 is 23.8 Å². The van der Waals surface area contributed by atoms with Crippen molar-refractivity contribution in [3.05, 3.63) is 48.3 Å². The van der Waals surface area contributed by atoms with Gasteiger partial charge in [0.1, 0.15) is 11.5 Å². The van der Waals surface area contributed by atoms with E-state index in [4.69, 9.17) is 8.83 Å². The van der Waals surface area contributed by atoms with Crippen LogP contribution < -0.4 is 5.32 Å². The molecule has 1 N–H and O–H groups in total. The van der Waals surface area contributed by atoms with Crippen LogP contribution in [0.3, 0.4) is 0 Å². The Kier molecular flexibility index (Phi) is 4.05. The number of amides is 4. The fraction of sp³-hybridized carbons (Fsp3) is 0.200. The summed E-state index contributed by atoms with van der Waals surface area (Å²) in [4.78, 5) is 41.0. The number of barbiturate groups is 1. The summed E-state index contributed by atoms with van der Waals surface area (Å²) in [5.41, 5.74) is 0. The molecule has 1 aliphatic rings. The highest BCUT2D eigenvalue weighted by atomic mass is 16.3. The van der Waals surface area contributed by atoms with Gasteiger partial charge in [-0.15, -0.1) is 0 Å². The highest BCUT2D eigenvalue weighted by molar-refractivity contribution is 6.23. The molecule has 1 atom stereocenters. The number of nitrogens with zero attached hydrogens (tertiary/aromatic N) is 2. The minimum atomic E-state index is -1.15. The Labute approximate surface area is 130 Å². The van der Waals surface area contributed by atoms with E-state index in [0.717, 1.165) is 4.90 Å². The van der Waals surface area contributed by atoms with Crippen LogP contribution in [0.5, 0.6) is 0 Å². The molecule has 1 aliphatic heterocycles. The molecule has 0 spiro atoms. The lowest BCUT2D eigenvalue weighted by molar-refractivity contribution is -0.139. The number of urea groups is 1. The minimum absolute atomic E-state index is 0.0481. The van der Waals surface area contributed by atoms with Gasteiger partial charge in [-0.1, -0.05) is 0 Å². The maximum atomic E-state index is 12.4. The zero-order valence-corrected chi connectivity index (χ0v) is 12.0. The van der Waals surface area contributed by atoms with E-state index in [-0.39, 0.29) is 13.1 Å². The fourth-order valence-electron chi connectivity index (χ4n) is 2.12. The van der Waals surface area contributed by atoms with Gasteiger partial charge < -0.3 is 8.83 Å². The number of carbonyl (C=O) groups is 3. The van der Waals surface area contributed by atoms with Crippen LogP contribution >= 0.6 is 0 Å². The first kappa shape index (κ1) is 14.8. The van der Waals surface area contributed by atoms with Gasteiger partial charge in [0.15, 0.2) is 5.92 Å². The van der Waals surface area contributed by atoms with Crippen LogP contribution in [0.2, 0.25) is 0 Å². The number of nitrogens with one attached hydrogen (secondary N) is 1. The normalized spacial score (nSPS) is 18.7. The summed E-state index contributed by atoms with van der Waals surface area (Å²) in [6.07, 6.45) is 4.17. The second kappa shape index (κ2) is 6.30. The van der Waals surface area contributed by atoms with Crippen molar-refractivity contribution in [1.29, 1.82) is 0 Å². The predicted molar refractivity (Wildman–Crippen MR) is 77.2 cm³/mol. The maximum Gasteiger partial charge on any atom is 0.331 e. The maximum absolute atomic E-state index is 12.4. The quantitative estimate of drug-likeness (QED) is 0.662. The van der Waals surface area contributed by atoms with Gasteiger partial charge >= 0.3 is 6.03 Å². The molecule has 2 aromatic heterocycles. The molecule has 8 heteroatoms. The van der Waals surface area contributed by atoms with Gasteiger partial charge in [0.2, 0.25) is 11.8 Å². The van der Waals surface area contributed by atoms with Crippen LogP contribution in [-0.4, -0.2) is 29.0 Å². The van der Waals surface area contributed by atoms with Crippen molar-refractivity contribution in [2.75, 3.05) is 0 Å². The van der Waals surface area contributed by atoms with E-state index in [1.807, 2.05) is 0 Å². The zero-order valence-electron chi connectivity index (χ0n) is 12.0. The lowest BCUT2D eigenvalue weighted by atomic mass is 10.1. The SMILES string of the molecule is O=C1NC(=O)N(Cc2ccco2)C(=O)C1C=NCc1ccco1. The lowest BCUT2D eigenvalue weighted by Crippen LogP contribution is -2.57. The minimum Gasteiger partial charge on any atom is -0.467 e. The number of carbonyl (C=O) groups excluding carboxylic acids is 3. The summed E-state index contributed by atoms with van der Waals surface area (Å²) in [6, 6.07) is 5.96. The van der Waals surface area contributed by atoms with Crippen LogP contribution in [-0.2, 0) is 22.7 Å². The Morgan fingerprint density at radius 3 is 2.48 bits per heavy atom. The average molecular weight is 315 g/mol. The van der Waals surface area contributed by atoms with Crippen LogP contribution in [0.15, 0.2) is 50.6 Å². The number of imide groups is 2. The third kappa shape index (κ3) is 3.20. The molecule has 4 amide bonds. The molecular formula is C15H13N3O5. The molecule has 0 saturated carbocycles. The molecule has 23 heavy (non-hydrogen) atoms. The Morgan fingerprint density at radius 1 is 1.13 bits per heavy atom. The van der Waals surface area contributed by atoms with Gasteiger partial charge in [-0.05, 0) is 24.3 Å². The van der Waals surface area contributed by atoms with E-state index in [1.165, 1.54) is 18.7 Å². The van der Waals surface area contributed by atoms with Gasteiger partial charge in [0.05, 0.1) is 25.6 Å². The molecule has 1 saturated heterocycles. The highest BCUT2D eigenvalue weighted by Crippen LogP contribution is 2.14. The number of hydrogen-bond acceptors (Lipinski definition) is 6. The van der Waals surface area contributed by atoms with Crippen LogP contribution in [0.4, 0.5) is 4.79 Å².